The first-order chi connectivity index (χ1) is 8.15. The van der Waals surface area contributed by atoms with Crippen molar-refractivity contribution in [1.82, 2.24) is 4.90 Å². The first-order valence-corrected chi connectivity index (χ1v) is 5.49. The van der Waals surface area contributed by atoms with E-state index in [4.69, 9.17) is 15.6 Å². The van der Waals surface area contributed by atoms with Crippen molar-refractivity contribution in [2.75, 3.05) is 32.5 Å². The molecule has 1 aromatic carbocycles. The van der Waals surface area contributed by atoms with Crippen molar-refractivity contribution < 1.29 is 14.6 Å². The van der Waals surface area contributed by atoms with E-state index in [-0.39, 0.29) is 18.4 Å². The minimum absolute atomic E-state index is 0.0983. The minimum Gasteiger partial charge on any atom is -0.496 e. The van der Waals surface area contributed by atoms with Gasteiger partial charge in [-0.2, -0.15) is 0 Å². The summed E-state index contributed by atoms with van der Waals surface area (Å²) >= 11 is 0. The van der Waals surface area contributed by atoms with Gasteiger partial charge in [0.25, 0.3) is 5.91 Å². The lowest BCUT2D eigenvalue weighted by Gasteiger charge is -2.38. The third-order valence-electron chi connectivity index (χ3n) is 2.96. The zero-order valence-electron chi connectivity index (χ0n) is 9.72. The number of amides is 1. The van der Waals surface area contributed by atoms with Gasteiger partial charge in [-0.05, 0) is 18.2 Å². The summed E-state index contributed by atoms with van der Waals surface area (Å²) in [6.45, 7) is 1.30. The molecule has 0 aliphatic carbocycles. The van der Waals surface area contributed by atoms with Crippen molar-refractivity contribution in [3.05, 3.63) is 23.8 Å². The molecule has 0 unspecified atom stereocenters. The molecule has 5 nitrogen and oxygen atoms in total. The van der Waals surface area contributed by atoms with Gasteiger partial charge >= 0.3 is 0 Å². The maximum absolute atomic E-state index is 12.1. The van der Waals surface area contributed by atoms with Crippen LogP contribution >= 0.6 is 0 Å². The summed E-state index contributed by atoms with van der Waals surface area (Å²) < 4.78 is 5.14. The Kier molecular flexibility index (Phi) is 3.19. The molecule has 1 aliphatic rings. The van der Waals surface area contributed by atoms with Gasteiger partial charge in [0, 0.05) is 31.3 Å². The smallest absolute Gasteiger partial charge is 0.257 e. The lowest BCUT2D eigenvalue weighted by molar-refractivity contribution is 0.0359. The van der Waals surface area contributed by atoms with Gasteiger partial charge in [0.05, 0.1) is 12.7 Å². The van der Waals surface area contributed by atoms with Crippen LogP contribution in [0.4, 0.5) is 5.69 Å². The Balaban J connectivity index is 2.16. The standard InChI is InChI=1S/C12H16N2O3/c1-17-11-3-2-9(13)4-10(11)12(16)14-5-8(6-14)7-15/h2-4,8,15H,5-7,13H2,1H3. The van der Waals surface area contributed by atoms with E-state index in [2.05, 4.69) is 0 Å². The van der Waals surface area contributed by atoms with Gasteiger partial charge in [0.2, 0.25) is 0 Å². The fourth-order valence-corrected chi connectivity index (χ4v) is 1.91. The Morgan fingerprint density at radius 1 is 1.59 bits per heavy atom. The number of nitrogen functional groups attached to an aromatic ring is 1. The molecule has 1 saturated heterocycles. The second-order valence-corrected chi connectivity index (χ2v) is 4.22. The van der Waals surface area contributed by atoms with E-state index < -0.39 is 0 Å². The first-order valence-electron chi connectivity index (χ1n) is 5.49. The van der Waals surface area contributed by atoms with Crippen molar-refractivity contribution in [3.8, 4) is 5.75 Å². The number of methoxy groups -OCH3 is 1. The molecule has 0 aromatic heterocycles. The molecule has 0 atom stereocenters. The summed E-state index contributed by atoms with van der Waals surface area (Å²) in [5, 5.41) is 8.92. The summed E-state index contributed by atoms with van der Waals surface area (Å²) in [4.78, 5) is 13.8. The second kappa shape index (κ2) is 4.63. The number of likely N-dealkylation sites (tertiary alicyclic amines) is 1. The van der Waals surface area contributed by atoms with Gasteiger partial charge < -0.3 is 20.5 Å². The maximum atomic E-state index is 12.1. The Bertz CT molecular complexity index is 428. The Labute approximate surface area is 99.8 Å². The van der Waals surface area contributed by atoms with Crippen LogP contribution in [-0.4, -0.2) is 42.7 Å². The van der Waals surface area contributed by atoms with Crippen molar-refractivity contribution in [2.45, 2.75) is 0 Å². The normalized spacial score (nSPS) is 15.5. The SMILES string of the molecule is COc1ccc(N)cc1C(=O)N1CC(CO)C1. The third kappa shape index (κ3) is 2.19. The number of nitrogens with two attached hydrogens (primary N) is 1. The number of carbonyl (C=O) groups excluding carboxylic acids is 1. The number of hydrogen-bond donors (Lipinski definition) is 2. The highest BCUT2D eigenvalue weighted by atomic mass is 16.5. The first kappa shape index (κ1) is 11.7. The molecular formula is C12H16N2O3. The number of anilines is 1. The van der Waals surface area contributed by atoms with Gasteiger partial charge in [-0.3, -0.25) is 4.79 Å². The lowest BCUT2D eigenvalue weighted by atomic mass is 9.99. The molecule has 2 rings (SSSR count). The molecule has 0 radical (unpaired) electrons. The van der Waals surface area contributed by atoms with Crippen molar-refractivity contribution in [1.29, 1.82) is 0 Å². The van der Waals surface area contributed by atoms with Crippen LogP contribution in [-0.2, 0) is 0 Å². The van der Waals surface area contributed by atoms with Crippen molar-refractivity contribution >= 4 is 11.6 Å². The zero-order chi connectivity index (χ0) is 12.4. The van der Waals surface area contributed by atoms with E-state index in [0.717, 1.165) is 0 Å². The number of aliphatic hydroxyl groups is 1. The number of aliphatic hydroxyl groups excluding tert-OH is 1. The highest BCUT2D eigenvalue weighted by Gasteiger charge is 2.31. The Morgan fingerprint density at radius 3 is 2.88 bits per heavy atom. The fraction of sp³-hybridized carbons (Fsp3) is 0.417. The average Bonchev–Trinajstić information content (AvgIpc) is 2.27. The van der Waals surface area contributed by atoms with E-state index in [0.29, 0.717) is 30.1 Å². The van der Waals surface area contributed by atoms with Gasteiger partial charge in [-0.15, -0.1) is 0 Å². The lowest BCUT2D eigenvalue weighted by Crippen LogP contribution is -2.51. The molecular weight excluding hydrogens is 220 g/mol. The predicted molar refractivity (Wildman–Crippen MR) is 63.9 cm³/mol. The molecule has 1 fully saturated rings. The van der Waals surface area contributed by atoms with Crippen LogP contribution < -0.4 is 10.5 Å². The molecule has 5 heteroatoms. The van der Waals surface area contributed by atoms with Crippen LogP contribution in [0, 0.1) is 5.92 Å². The largest absolute Gasteiger partial charge is 0.496 e. The quantitative estimate of drug-likeness (QED) is 0.742. The molecule has 17 heavy (non-hydrogen) atoms. The number of carbonyl (C=O) groups is 1. The maximum Gasteiger partial charge on any atom is 0.257 e. The van der Waals surface area contributed by atoms with Crippen LogP contribution in [0.5, 0.6) is 5.75 Å². The number of ether oxygens (including phenoxy) is 1. The molecule has 1 heterocycles. The summed E-state index contributed by atoms with van der Waals surface area (Å²) in [7, 11) is 1.52. The molecule has 1 aliphatic heterocycles. The van der Waals surface area contributed by atoms with E-state index in [9.17, 15) is 4.79 Å². The van der Waals surface area contributed by atoms with E-state index in [1.54, 1.807) is 23.1 Å². The van der Waals surface area contributed by atoms with Crippen LogP contribution in [0.3, 0.4) is 0 Å². The second-order valence-electron chi connectivity index (χ2n) is 4.22. The number of hydrogen-bond acceptors (Lipinski definition) is 4. The van der Waals surface area contributed by atoms with Gasteiger partial charge in [-0.25, -0.2) is 0 Å². The van der Waals surface area contributed by atoms with E-state index in [1.165, 1.54) is 7.11 Å². The highest BCUT2D eigenvalue weighted by molar-refractivity contribution is 5.98. The predicted octanol–water partition coefficient (Wildman–Crippen LogP) is 0.342. The average molecular weight is 236 g/mol. The Hall–Kier alpha value is -1.75. The van der Waals surface area contributed by atoms with E-state index >= 15 is 0 Å². The molecule has 92 valence electrons. The number of rotatable bonds is 3. The Morgan fingerprint density at radius 2 is 2.29 bits per heavy atom. The van der Waals surface area contributed by atoms with Crippen molar-refractivity contribution in [2.24, 2.45) is 5.92 Å². The van der Waals surface area contributed by atoms with Crippen molar-refractivity contribution in [3.63, 3.8) is 0 Å². The van der Waals surface area contributed by atoms with Gasteiger partial charge in [0.1, 0.15) is 5.75 Å². The third-order valence-corrected chi connectivity index (χ3v) is 2.96. The molecule has 1 amide bonds. The van der Waals surface area contributed by atoms with Crippen LogP contribution in [0.15, 0.2) is 18.2 Å². The molecule has 1 aromatic rings. The highest BCUT2D eigenvalue weighted by Crippen LogP contribution is 2.25. The summed E-state index contributed by atoms with van der Waals surface area (Å²) in [6, 6.07) is 5.00. The fourth-order valence-electron chi connectivity index (χ4n) is 1.91. The number of nitrogens with zero attached hydrogens (tertiary/aromatic N) is 1. The van der Waals surface area contributed by atoms with Crippen LogP contribution in [0.25, 0.3) is 0 Å². The monoisotopic (exact) mass is 236 g/mol. The van der Waals surface area contributed by atoms with Gasteiger partial charge in [0.15, 0.2) is 0 Å². The van der Waals surface area contributed by atoms with E-state index in [1.807, 2.05) is 0 Å². The molecule has 0 spiro atoms. The summed E-state index contributed by atoms with van der Waals surface area (Å²) in [5.74, 6) is 0.626. The van der Waals surface area contributed by atoms with Crippen LogP contribution in [0.1, 0.15) is 10.4 Å². The molecule has 0 saturated carbocycles. The number of benzene rings is 1. The zero-order valence-corrected chi connectivity index (χ0v) is 9.72. The minimum atomic E-state index is -0.0983. The van der Waals surface area contributed by atoms with Crippen LogP contribution in [0.2, 0.25) is 0 Å². The summed E-state index contributed by atoms with van der Waals surface area (Å²) in [6.07, 6.45) is 0. The summed E-state index contributed by atoms with van der Waals surface area (Å²) in [5.41, 5.74) is 6.68. The molecule has 3 N–H and O–H groups in total. The topological polar surface area (TPSA) is 75.8 Å². The molecule has 0 bridgehead atoms. The van der Waals surface area contributed by atoms with Gasteiger partial charge in [-0.1, -0.05) is 0 Å².